The zero-order valence-corrected chi connectivity index (χ0v) is 13.2. The van der Waals surface area contributed by atoms with Crippen molar-refractivity contribution in [3.8, 4) is 0 Å². The van der Waals surface area contributed by atoms with Crippen LogP contribution in [0.25, 0.3) is 0 Å². The number of anilines is 1. The van der Waals surface area contributed by atoms with Crippen LogP contribution in [0.4, 0.5) is 5.13 Å². The van der Waals surface area contributed by atoms with Crippen molar-refractivity contribution in [2.24, 2.45) is 5.41 Å². The first kappa shape index (κ1) is 15.2. The Morgan fingerprint density at radius 2 is 2.30 bits per heavy atom. The number of aromatic nitrogens is 2. The van der Waals surface area contributed by atoms with Crippen molar-refractivity contribution in [2.45, 2.75) is 52.4 Å². The molecule has 1 aliphatic rings. The molecule has 1 aromatic heterocycles. The van der Waals surface area contributed by atoms with Crippen molar-refractivity contribution in [1.29, 1.82) is 0 Å². The van der Waals surface area contributed by atoms with Gasteiger partial charge in [-0.1, -0.05) is 27.2 Å². The van der Waals surface area contributed by atoms with Gasteiger partial charge in [0, 0.05) is 30.5 Å². The number of rotatable bonds is 5. The minimum Gasteiger partial charge on any atom is -0.481 e. The van der Waals surface area contributed by atoms with Crippen molar-refractivity contribution < 1.29 is 9.90 Å². The van der Waals surface area contributed by atoms with Gasteiger partial charge in [0.2, 0.25) is 5.13 Å². The van der Waals surface area contributed by atoms with Crippen LogP contribution in [-0.4, -0.2) is 33.5 Å². The van der Waals surface area contributed by atoms with E-state index >= 15 is 0 Å². The van der Waals surface area contributed by atoms with E-state index in [9.17, 15) is 9.90 Å². The van der Waals surface area contributed by atoms with Crippen LogP contribution in [-0.2, 0) is 4.79 Å². The van der Waals surface area contributed by atoms with Crippen LogP contribution in [0.3, 0.4) is 0 Å². The molecule has 0 radical (unpaired) electrons. The summed E-state index contributed by atoms with van der Waals surface area (Å²) < 4.78 is 4.37. The molecule has 1 aliphatic heterocycles. The Morgan fingerprint density at radius 1 is 1.55 bits per heavy atom. The number of carbonyl (C=O) groups is 1. The largest absolute Gasteiger partial charge is 0.481 e. The minimum absolute atomic E-state index is 0.310. The van der Waals surface area contributed by atoms with Crippen LogP contribution in [0, 0.1) is 5.41 Å². The highest BCUT2D eigenvalue weighted by Gasteiger charge is 2.42. The Hall–Kier alpha value is -1.17. The number of hydrogen-bond acceptors (Lipinski definition) is 5. The molecule has 1 unspecified atom stereocenters. The highest BCUT2D eigenvalue weighted by Crippen LogP contribution is 2.37. The Morgan fingerprint density at radius 3 is 2.85 bits per heavy atom. The second-order valence-corrected chi connectivity index (χ2v) is 6.68. The van der Waals surface area contributed by atoms with Crippen LogP contribution in [0.15, 0.2) is 0 Å². The number of piperidine rings is 1. The third kappa shape index (κ3) is 2.95. The molecule has 1 saturated heterocycles. The molecule has 2 rings (SSSR count). The lowest BCUT2D eigenvalue weighted by Gasteiger charge is -2.39. The van der Waals surface area contributed by atoms with Crippen molar-refractivity contribution in [3.63, 3.8) is 0 Å². The topological polar surface area (TPSA) is 66.3 Å². The third-order valence-electron chi connectivity index (χ3n) is 3.98. The molecular formula is C14H23N3O2S. The lowest BCUT2D eigenvalue weighted by molar-refractivity contribution is -0.150. The number of nitrogens with zero attached hydrogens (tertiary/aromatic N) is 3. The minimum atomic E-state index is -0.669. The first-order valence-corrected chi connectivity index (χ1v) is 8.08. The molecule has 0 bridgehead atoms. The van der Waals surface area contributed by atoms with E-state index < -0.39 is 11.4 Å². The van der Waals surface area contributed by atoms with Gasteiger partial charge in [0.15, 0.2) is 0 Å². The standard InChI is InChI=1S/C14H23N3O2S/c1-4-6-14(12(18)19)7-5-8-17(9-14)13-15-11(10(2)3)16-20-13/h10H,4-9H2,1-3H3,(H,18,19). The van der Waals surface area contributed by atoms with Crippen molar-refractivity contribution in [3.05, 3.63) is 5.82 Å². The molecule has 1 aromatic rings. The number of carboxylic acid groups (broad SMARTS) is 1. The average Bonchev–Trinajstić information content (AvgIpc) is 2.89. The quantitative estimate of drug-likeness (QED) is 0.904. The van der Waals surface area contributed by atoms with Gasteiger partial charge in [-0.05, 0) is 19.3 Å². The summed E-state index contributed by atoms with van der Waals surface area (Å²) in [6.45, 7) is 7.63. The molecule has 20 heavy (non-hydrogen) atoms. The van der Waals surface area contributed by atoms with E-state index in [2.05, 4.69) is 28.1 Å². The molecule has 0 spiro atoms. The van der Waals surface area contributed by atoms with Gasteiger partial charge >= 0.3 is 5.97 Å². The SMILES string of the molecule is CCCC1(C(=O)O)CCCN(c2nc(C(C)C)ns2)C1. The molecule has 5 nitrogen and oxygen atoms in total. The van der Waals surface area contributed by atoms with Gasteiger partial charge in [-0.25, -0.2) is 4.98 Å². The molecule has 0 saturated carbocycles. The van der Waals surface area contributed by atoms with E-state index in [1.165, 1.54) is 11.5 Å². The summed E-state index contributed by atoms with van der Waals surface area (Å²) in [5, 5.41) is 10.5. The predicted octanol–water partition coefficient (Wildman–Crippen LogP) is 3.13. The van der Waals surface area contributed by atoms with Crippen molar-refractivity contribution in [2.75, 3.05) is 18.0 Å². The monoisotopic (exact) mass is 297 g/mol. The van der Waals surface area contributed by atoms with E-state index in [1.807, 2.05) is 6.92 Å². The smallest absolute Gasteiger partial charge is 0.311 e. The lowest BCUT2D eigenvalue weighted by atomic mass is 9.76. The number of aliphatic carboxylic acids is 1. The molecule has 1 atom stereocenters. The van der Waals surface area contributed by atoms with E-state index in [-0.39, 0.29) is 0 Å². The Labute approximate surface area is 124 Å². The molecule has 112 valence electrons. The summed E-state index contributed by atoms with van der Waals surface area (Å²) >= 11 is 1.39. The van der Waals surface area contributed by atoms with Gasteiger partial charge in [-0.2, -0.15) is 4.37 Å². The second kappa shape index (κ2) is 6.08. The molecule has 0 aliphatic carbocycles. The maximum absolute atomic E-state index is 11.7. The summed E-state index contributed by atoms with van der Waals surface area (Å²) in [4.78, 5) is 18.4. The summed E-state index contributed by atoms with van der Waals surface area (Å²) in [5.41, 5.74) is -0.614. The zero-order chi connectivity index (χ0) is 14.8. The molecule has 0 aromatic carbocycles. The van der Waals surface area contributed by atoms with E-state index in [0.29, 0.717) is 12.5 Å². The normalized spacial score (nSPS) is 23.3. The molecular weight excluding hydrogens is 274 g/mol. The molecule has 1 N–H and O–H groups in total. The van der Waals surface area contributed by atoms with E-state index in [1.54, 1.807) is 0 Å². The predicted molar refractivity (Wildman–Crippen MR) is 80.4 cm³/mol. The highest BCUT2D eigenvalue weighted by molar-refractivity contribution is 7.09. The van der Waals surface area contributed by atoms with Gasteiger partial charge in [-0.3, -0.25) is 4.79 Å². The van der Waals surface area contributed by atoms with E-state index in [0.717, 1.165) is 43.2 Å². The van der Waals surface area contributed by atoms with Gasteiger partial charge in [-0.15, -0.1) is 0 Å². The molecule has 1 fully saturated rings. The zero-order valence-electron chi connectivity index (χ0n) is 12.4. The lowest BCUT2D eigenvalue weighted by Crippen LogP contribution is -2.48. The second-order valence-electron chi connectivity index (χ2n) is 5.95. The molecule has 6 heteroatoms. The maximum atomic E-state index is 11.7. The Balaban J connectivity index is 2.18. The van der Waals surface area contributed by atoms with Gasteiger partial charge in [0.25, 0.3) is 0 Å². The summed E-state index contributed by atoms with van der Waals surface area (Å²) in [6, 6.07) is 0. The van der Waals surface area contributed by atoms with Crippen LogP contribution < -0.4 is 4.90 Å². The van der Waals surface area contributed by atoms with Crippen LogP contribution in [0.5, 0.6) is 0 Å². The van der Waals surface area contributed by atoms with Crippen LogP contribution >= 0.6 is 11.5 Å². The summed E-state index contributed by atoms with van der Waals surface area (Å²) in [5.74, 6) is 0.495. The first-order valence-electron chi connectivity index (χ1n) is 7.30. The number of carboxylic acids is 1. The van der Waals surface area contributed by atoms with Gasteiger partial charge < -0.3 is 10.0 Å². The van der Waals surface area contributed by atoms with Gasteiger partial charge in [0.05, 0.1) is 5.41 Å². The Bertz CT molecular complexity index is 471. The maximum Gasteiger partial charge on any atom is 0.311 e. The fourth-order valence-corrected chi connectivity index (χ4v) is 3.68. The van der Waals surface area contributed by atoms with Crippen molar-refractivity contribution >= 4 is 22.6 Å². The van der Waals surface area contributed by atoms with Crippen LogP contribution in [0.1, 0.15) is 58.2 Å². The fourth-order valence-electron chi connectivity index (χ4n) is 2.85. The average molecular weight is 297 g/mol. The molecule has 2 heterocycles. The molecule has 0 amide bonds. The van der Waals surface area contributed by atoms with Gasteiger partial charge in [0.1, 0.15) is 5.82 Å². The van der Waals surface area contributed by atoms with Crippen molar-refractivity contribution in [1.82, 2.24) is 9.36 Å². The third-order valence-corrected chi connectivity index (χ3v) is 4.77. The highest BCUT2D eigenvalue weighted by atomic mass is 32.1. The number of hydrogen-bond donors (Lipinski definition) is 1. The summed E-state index contributed by atoms with van der Waals surface area (Å²) in [6.07, 6.45) is 3.30. The van der Waals surface area contributed by atoms with E-state index in [4.69, 9.17) is 0 Å². The fraction of sp³-hybridized carbons (Fsp3) is 0.786. The first-order chi connectivity index (χ1) is 9.48. The van der Waals surface area contributed by atoms with Crippen LogP contribution in [0.2, 0.25) is 0 Å². The Kier molecular flexibility index (Phi) is 4.62. The summed E-state index contributed by atoms with van der Waals surface area (Å²) in [7, 11) is 0.